The first-order valence-electron chi connectivity index (χ1n) is 6.90. The lowest BCUT2D eigenvalue weighted by molar-refractivity contribution is 0.398. The number of hydrogen-bond acceptors (Lipinski definition) is 2. The van der Waals surface area contributed by atoms with Gasteiger partial charge in [-0.2, -0.15) is 0 Å². The van der Waals surface area contributed by atoms with Crippen molar-refractivity contribution in [3.05, 3.63) is 29.8 Å². The van der Waals surface area contributed by atoms with Crippen molar-refractivity contribution in [2.24, 2.45) is 5.92 Å². The van der Waals surface area contributed by atoms with E-state index in [1.165, 1.54) is 44.6 Å². The molecule has 3 rings (SSSR count). The number of benzene rings is 1. The fourth-order valence-electron chi connectivity index (χ4n) is 3.30. The molecule has 0 radical (unpaired) electrons. The average molecular weight is 230 g/mol. The monoisotopic (exact) mass is 230 g/mol. The van der Waals surface area contributed by atoms with Crippen LogP contribution in [-0.2, 0) is 6.42 Å². The van der Waals surface area contributed by atoms with E-state index in [9.17, 15) is 0 Å². The molecule has 0 saturated carbocycles. The van der Waals surface area contributed by atoms with Crippen LogP contribution in [0.25, 0.3) is 0 Å². The fourth-order valence-corrected chi connectivity index (χ4v) is 3.30. The van der Waals surface area contributed by atoms with Crippen LogP contribution in [0, 0.1) is 5.92 Å². The first-order valence-corrected chi connectivity index (χ1v) is 6.90. The summed E-state index contributed by atoms with van der Waals surface area (Å²) >= 11 is 0. The van der Waals surface area contributed by atoms with Crippen LogP contribution in [0.3, 0.4) is 0 Å². The molecule has 1 aromatic rings. The summed E-state index contributed by atoms with van der Waals surface area (Å²) in [7, 11) is 0. The average Bonchev–Trinajstić information content (AvgIpc) is 2.39. The lowest BCUT2D eigenvalue weighted by Crippen LogP contribution is -2.47. The summed E-state index contributed by atoms with van der Waals surface area (Å²) in [6, 6.07) is 9.73. The van der Waals surface area contributed by atoms with E-state index in [4.69, 9.17) is 0 Å². The van der Waals surface area contributed by atoms with E-state index in [0.717, 1.165) is 12.0 Å². The number of piperidine rings is 1. The van der Waals surface area contributed by atoms with Gasteiger partial charge in [-0.05, 0) is 49.9 Å². The molecule has 1 saturated heterocycles. The second kappa shape index (κ2) is 4.69. The van der Waals surface area contributed by atoms with Crippen molar-refractivity contribution >= 4 is 5.69 Å². The Morgan fingerprint density at radius 2 is 1.94 bits per heavy atom. The third-order valence-corrected chi connectivity index (χ3v) is 4.13. The highest BCUT2D eigenvalue weighted by Gasteiger charge is 2.27. The second-order valence-electron chi connectivity index (χ2n) is 5.57. The maximum Gasteiger partial charge on any atom is 0.0401 e. The summed E-state index contributed by atoms with van der Waals surface area (Å²) in [4.78, 5) is 2.67. The minimum Gasteiger partial charge on any atom is -0.368 e. The Morgan fingerprint density at radius 1 is 1.18 bits per heavy atom. The molecule has 92 valence electrons. The molecule has 2 aliphatic heterocycles. The number of fused-ring (bicyclic) bond motifs is 1. The van der Waals surface area contributed by atoms with Gasteiger partial charge in [-0.1, -0.05) is 25.1 Å². The molecule has 2 aliphatic rings. The Bertz CT molecular complexity index is 382. The lowest BCUT2D eigenvalue weighted by atomic mass is 9.91. The Morgan fingerprint density at radius 3 is 2.76 bits per heavy atom. The summed E-state index contributed by atoms with van der Waals surface area (Å²) in [5.41, 5.74) is 3.04. The molecular formula is C15H22N2. The molecular weight excluding hydrogens is 208 g/mol. The van der Waals surface area contributed by atoms with Gasteiger partial charge in [0.1, 0.15) is 0 Å². The quantitative estimate of drug-likeness (QED) is 0.797. The van der Waals surface area contributed by atoms with Crippen molar-refractivity contribution < 1.29 is 0 Å². The molecule has 2 heteroatoms. The summed E-state index contributed by atoms with van der Waals surface area (Å²) in [5, 5.41) is 3.46. The Hall–Kier alpha value is -1.02. The van der Waals surface area contributed by atoms with Crippen molar-refractivity contribution in [1.82, 2.24) is 5.32 Å². The van der Waals surface area contributed by atoms with Gasteiger partial charge in [-0.25, -0.2) is 0 Å². The maximum absolute atomic E-state index is 3.46. The Labute approximate surface area is 104 Å². The van der Waals surface area contributed by atoms with Gasteiger partial charge in [0.15, 0.2) is 0 Å². The minimum atomic E-state index is 0.750. The number of rotatable bonds is 1. The van der Waals surface area contributed by atoms with Crippen LogP contribution in [0.2, 0.25) is 0 Å². The normalized spacial score (nSPS) is 25.7. The van der Waals surface area contributed by atoms with Crippen molar-refractivity contribution in [1.29, 1.82) is 0 Å². The first kappa shape index (κ1) is 11.1. The largest absolute Gasteiger partial charge is 0.368 e. The first-order chi connectivity index (χ1) is 8.34. The van der Waals surface area contributed by atoms with Crippen molar-refractivity contribution in [3.8, 4) is 0 Å². The standard InChI is InChI=1S/C15H22N2/c1-12-10-13-4-2-3-5-15(13)17(11-12)14-6-8-16-9-7-14/h2-5,12,14,16H,6-11H2,1H3. The number of nitrogens with zero attached hydrogens (tertiary/aromatic N) is 1. The molecule has 17 heavy (non-hydrogen) atoms. The number of hydrogen-bond donors (Lipinski definition) is 1. The molecule has 1 unspecified atom stereocenters. The predicted octanol–water partition coefficient (Wildman–Crippen LogP) is 2.44. The zero-order valence-electron chi connectivity index (χ0n) is 10.7. The lowest BCUT2D eigenvalue weighted by Gasteiger charge is -2.42. The van der Waals surface area contributed by atoms with Gasteiger partial charge in [0.05, 0.1) is 0 Å². The van der Waals surface area contributed by atoms with Gasteiger partial charge in [0.2, 0.25) is 0 Å². The van der Waals surface area contributed by atoms with Crippen LogP contribution in [0.1, 0.15) is 25.3 Å². The molecule has 0 aromatic heterocycles. The van der Waals surface area contributed by atoms with Gasteiger partial charge >= 0.3 is 0 Å². The Kier molecular flexibility index (Phi) is 3.06. The van der Waals surface area contributed by atoms with Gasteiger partial charge in [0.25, 0.3) is 0 Å². The van der Waals surface area contributed by atoms with Crippen LogP contribution in [0.5, 0.6) is 0 Å². The van der Waals surface area contributed by atoms with Crippen LogP contribution in [0.4, 0.5) is 5.69 Å². The van der Waals surface area contributed by atoms with Gasteiger partial charge in [-0.15, -0.1) is 0 Å². The molecule has 1 aromatic carbocycles. The molecule has 0 aliphatic carbocycles. The smallest absolute Gasteiger partial charge is 0.0401 e. The van der Waals surface area contributed by atoms with Crippen LogP contribution < -0.4 is 10.2 Å². The predicted molar refractivity (Wildman–Crippen MR) is 72.5 cm³/mol. The number of anilines is 1. The second-order valence-corrected chi connectivity index (χ2v) is 5.57. The van der Waals surface area contributed by atoms with E-state index < -0.39 is 0 Å². The highest BCUT2D eigenvalue weighted by Crippen LogP contribution is 2.32. The molecule has 0 spiro atoms. The maximum atomic E-state index is 3.46. The number of nitrogens with one attached hydrogen (secondary N) is 1. The third kappa shape index (κ3) is 2.19. The molecule has 0 bridgehead atoms. The van der Waals surface area contributed by atoms with E-state index >= 15 is 0 Å². The van der Waals surface area contributed by atoms with Crippen molar-refractivity contribution in [2.75, 3.05) is 24.5 Å². The van der Waals surface area contributed by atoms with E-state index in [0.29, 0.717) is 0 Å². The molecule has 1 N–H and O–H groups in total. The van der Waals surface area contributed by atoms with E-state index in [-0.39, 0.29) is 0 Å². The topological polar surface area (TPSA) is 15.3 Å². The van der Waals surface area contributed by atoms with Gasteiger partial charge in [-0.3, -0.25) is 0 Å². The summed E-state index contributed by atoms with van der Waals surface area (Å²) in [6.07, 6.45) is 3.83. The molecule has 2 nitrogen and oxygen atoms in total. The van der Waals surface area contributed by atoms with Crippen molar-refractivity contribution in [2.45, 2.75) is 32.2 Å². The van der Waals surface area contributed by atoms with Crippen molar-refractivity contribution in [3.63, 3.8) is 0 Å². The summed E-state index contributed by atoms with van der Waals surface area (Å²) in [6.45, 7) is 5.97. The molecule has 1 fully saturated rings. The highest BCUT2D eigenvalue weighted by molar-refractivity contribution is 5.56. The zero-order valence-corrected chi connectivity index (χ0v) is 10.7. The SMILES string of the molecule is CC1Cc2ccccc2N(C2CCNCC2)C1. The van der Waals surface area contributed by atoms with E-state index in [1.807, 2.05) is 0 Å². The molecule has 2 heterocycles. The van der Waals surface area contributed by atoms with E-state index in [1.54, 1.807) is 5.56 Å². The van der Waals surface area contributed by atoms with E-state index in [2.05, 4.69) is 41.4 Å². The van der Waals surface area contributed by atoms with Gasteiger partial charge in [0, 0.05) is 18.3 Å². The minimum absolute atomic E-state index is 0.750. The molecule has 0 amide bonds. The highest BCUT2D eigenvalue weighted by atomic mass is 15.2. The van der Waals surface area contributed by atoms with Gasteiger partial charge < -0.3 is 10.2 Å². The third-order valence-electron chi connectivity index (χ3n) is 4.13. The van der Waals surface area contributed by atoms with Crippen LogP contribution >= 0.6 is 0 Å². The summed E-state index contributed by atoms with van der Waals surface area (Å²) < 4.78 is 0. The number of para-hydroxylation sites is 1. The van der Waals surface area contributed by atoms with Crippen LogP contribution in [-0.4, -0.2) is 25.7 Å². The fraction of sp³-hybridized carbons (Fsp3) is 0.600. The Balaban J connectivity index is 1.88. The summed E-state index contributed by atoms with van der Waals surface area (Å²) in [5.74, 6) is 0.791. The molecule has 1 atom stereocenters. The van der Waals surface area contributed by atoms with Crippen LogP contribution in [0.15, 0.2) is 24.3 Å². The zero-order chi connectivity index (χ0) is 11.7.